The summed E-state index contributed by atoms with van der Waals surface area (Å²) in [5.74, 6) is -0.145. The van der Waals surface area contributed by atoms with Crippen molar-refractivity contribution >= 4 is 22.4 Å². The number of rotatable bonds is 4. The van der Waals surface area contributed by atoms with Crippen LogP contribution < -0.4 is 11.1 Å². The normalized spacial score (nSPS) is 18.4. The molecule has 1 aromatic rings. The van der Waals surface area contributed by atoms with Gasteiger partial charge in [-0.25, -0.2) is 0 Å². The maximum atomic E-state index is 12.1. The van der Waals surface area contributed by atoms with Gasteiger partial charge in [-0.2, -0.15) is 0 Å². The number of nitrogen functional groups attached to an aromatic ring is 1. The molecule has 5 heteroatoms. The van der Waals surface area contributed by atoms with Gasteiger partial charge in [0.25, 0.3) is 0 Å². The molecule has 0 aromatic heterocycles. The maximum absolute atomic E-state index is 12.1. The zero-order valence-electron chi connectivity index (χ0n) is 9.68. The fourth-order valence-corrected chi connectivity index (χ4v) is 2.62. The molecule has 1 aliphatic rings. The summed E-state index contributed by atoms with van der Waals surface area (Å²) in [5, 5.41) is 2.31. The number of nitrogens with two attached hydrogens (primary N) is 1. The predicted octanol–water partition coefficient (Wildman–Crippen LogP) is 1.04. The first-order valence-electron chi connectivity index (χ1n) is 5.64. The van der Waals surface area contributed by atoms with E-state index in [1.165, 1.54) is 0 Å². The van der Waals surface area contributed by atoms with Gasteiger partial charge in [0.1, 0.15) is 5.25 Å². The number of nitrogens with one attached hydrogen (secondary N) is 1. The van der Waals surface area contributed by atoms with Crippen molar-refractivity contribution in [3.05, 3.63) is 24.3 Å². The van der Waals surface area contributed by atoms with Crippen molar-refractivity contribution in [2.75, 3.05) is 5.73 Å². The summed E-state index contributed by atoms with van der Waals surface area (Å²) < 4.78 is 12.1. The average molecular weight is 252 g/mol. The van der Waals surface area contributed by atoms with E-state index in [0.29, 0.717) is 16.6 Å². The molecular formula is C12H16N2O2S. The molecule has 0 spiro atoms. The second kappa shape index (κ2) is 4.87. The highest BCUT2D eigenvalue weighted by Gasteiger charge is 2.28. The van der Waals surface area contributed by atoms with Gasteiger partial charge in [0, 0.05) is 16.6 Å². The van der Waals surface area contributed by atoms with Crippen LogP contribution in [0, 0.1) is 0 Å². The molecule has 0 bridgehead atoms. The average Bonchev–Trinajstić information content (AvgIpc) is 3.11. The van der Waals surface area contributed by atoms with Crippen LogP contribution in [0.15, 0.2) is 29.2 Å². The van der Waals surface area contributed by atoms with Crippen LogP contribution in [0.25, 0.3) is 0 Å². The Balaban J connectivity index is 2.05. The highest BCUT2D eigenvalue weighted by molar-refractivity contribution is 7.86. The molecule has 1 saturated carbocycles. The number of carbonyl (C=O) groups excluding carboxylic acids is 1. The van der Waals surface area contributed by atoms with Gasteiger partial charge in [-0.3, -0.25) is 9.00 Å². The maximum Gasteiger partial charge on any atom is 0.236 e. The molecule has 1 amide bonds. The zero-order chi connectivity index (χ0) is 12.4. The molecule has 0 saturated heterocycles. The highest BCUT2D eigenvalue weighted by Crippen LogP contribution is 2.20. The van der Waals surface area contributed by atoms with E-state index < -0.39 is 16.0 Å². The predicted molar refractivity (Wildman–Crippen MR) is 67.9 cm³/mol. The summed E-state index contributed by atoms with van der Waals surface area (Å²) >= 11 is 0. The van der Waals surface area contributed by atoms with Crippen molar-refractivity contribution in [2.45, 2.75) is 36.0 Å². The lowest BCUT2D eigenvalue weighted by atomic mass is 10.3. The van der Waals surface area contributed by atoms with Crippen LogP contribution in [0.3, 0.4) is 0 Å². The van der Waals surface area contributed by atoms with Crippen LogP contribution in [-0.4, -0.2) is 21.4 Å². The Bertz CT molecular complexity index is 458. The summed E-state index contributed by atoms with van der Waals surface area (Å²) in [7, 11) is -1.35. The molecule has 2 unspecified atom stereocenters. The van der Waals surface area contributed by atoms with Crippen molar-refractivity contribution in [2.24, 2.45) is 0 Å². The standard InChI is InChI=1S/C12H16N2O2S/c1-8(12(15)14-10-5-6-10)17(16)11-4-2-3-9(13)7-11/h2-4,7-8,10H,5-6,13H2,1H3,(H,14,15). The van der Waals surface area contributed by atoms with Crippen LogP contribution in [0.1, 0.15) is 19.8 Å². The van der Waals surface area contributed by atoms with Gasteiger partial charge in [-0.15, -0.1) is 0 Å². The van der Waals surface area contributed by atoms with E-state index in [1.807, 2.05) is 0 Å². The van der Waals surface area contributed by atoms with Gasteiger partial charge in [-0.1, -0.05) is 6.07 Å². The molecule has 1 aliphatic carbocycles. The van der Waals surface area contributed by atoms with Gasteiger partial charge in [0.05, 0.1) is 10.8 Å². The van der Waals surface area contributed by atoms with Crippen LogP contribution >= 0.6 is 0 Å². The molecule has 0 heterocycles. The molecule has 2 rings (SSSR count). The van der Waals surface area contributed by atoms with Gasteiger partial charge in [0.15, 0.2) is 0 Å². The van der Waals surface area contributed by atoms with Crippen molar-refractivity contribution in [1.29, 1.82) is 0 Å². The Kier molecular flexibility index (Phi) is 3.47. The first-order chi connectivity index (χ1) is 8.08. The molecule has 0 radical (unpaired) electrons. The van der Waals surface area contributed by atoms with Crippen molar-refractivity contribution in [3.63, 3.8) is 0 Å². The van der Waals surface area contributed by atoms with E-state index >= 15 is 0 Å². The second-order valence-electron chi connectivity index (χ2n) is 4.29. The number of benzene rings is 1. The van der Waals surface area contributed by atoms with Gasteiger partial charge < -0.3 is 11.1 Å². The Morgan fingerprint density at radius 2 is 2.24 bits per heavy atom. The van der Waals surface area contributed by atoms with Gasteiger partial charge in [0.2, 0.25) is 5.91 Å². The van der Waals surface area contributed by atoms with E-state index in [4.69, 9.17) is 5.73 Å². The van der Waals surface area contributed by atoms with Crippen molar-refractivity contribution in [3.8, 4) is 0 Å². The van der Waals surface area contributed by atoms with Crippen LogP contribution in [0.2, 0.25) is 0 Å². The van der Waals surface area contributed by atoms with E-state index in [9.17, 15) is 9.00 Å². The number of carbonyl (C=O) groups is 1. The lowest BCUT2D eigenvalue weighted by molar-refractivity contribution is -0.120. The molecule has 17 heavy (non-hydrogen) atoms. The lowest BCUT2D eigenvalue weighted by Crippen LogP contribution is -2.36. The topological polar surface area (TPSA) is 72.2 Å². The number of anilines is 1. The molecule has 0 aliphatic heterocycles. The molecule has 92 valence electrons. The molecule has 2 atom stereocenters. The van der Waals surface area contributed by atoms with E-state index in [0.717, 1.165) is 12.8 Å². The smallest absolute Gasteiger partial charge is 0.236 e. The minimum Gasteiger partial charge on any atom is -0.399 e. The first-order valence-corrected chi connectivity index (χ1v) is 6.85. The summed E-state index contributed by atoms with van der Waals surface area (Å²) in [6, 6.07) is 7.15. The highest BCUT2D eigenvalue weighted by atomic mass is 32.2. The molecule has 4 nitrogen and oxygen atoms in total. The fourth-order valence-electron chi connectivity index (χ4n) is 1.49. The van der Waals surface area contributed by atoms with Gasteiger partial charge >= 0.3 is 0 Å². The molecule has 1 aromatic carbocycles. The fraction of sp³-hybridized carbons (Fsp3) is 0.417. The monoisotopic (exact) mass is 252 g/mol. The third-order valence-electron chi connectivity index (χ3n) is 2.70. The van der Waals surface area contributed by atoms with Gasteiger partial charge in [-0.05, 0) is 38.0 Å². The Morgan fingerprint density at radius 3 is 2.82 bits per heavy atom. The summed E-state index contributed by atoms with van der Waals surface area (Å²) in [4.78, 5) is 12.4. The largest absolute Gasteiger partial charge is 0.399 e. The Hall–Kier alpha value is -1.36. The Labute approximate surface area is 103 Å². The zero-order valence-corrected chi connectivity index (χ0v) is 10.5. The minimum absolute atomic E-state index is 0.145. The van der Waals surface area contributed by atoms with Crippen LogP contribution in [0.5, 0.6) is 0 Å². The van der Waals surface area contributed by atoms with Crippen molar-refractivity contribution in [1.82, 2.24) is 5.32 Å². The number of hydrogen-bond donors (Lipinski definition) is 2. The van der Waals surface area contributed by atoms with E-state index in [-0.39, 0.29) is 5.91 Å². The first kappa shape index (κ1) is 12.1. The van der Waals surface area contributed by atoms with E-state index in [2.05, 4.69) is 5.32 Å². The lowest BCUT2D eigenvalue weighted by Gasteiger charge is -2.11. The third kappa shape index (κ3) is 3.06. The third-order valence-corrected chi connectivity index (χ3v) is 4.28. The SMILES string of the molecule is CC(C(=O)NC1CC1)S(=O)c1cccc(N)c1. The molecule has 1 fully saturated rings. The number of hydrogen-bond acceptors (Lipinski definition) is 3. The Morgan fingerprint density at radius 1 is 1.53 bits per heavy atom. The second-order valence-corrected chi connectivity index (χ2v) is 6.07. The van der Waals surface area contributed by atoms with Crippen molar-refractivity contribution < 1.29 is 9.00 Å². The molecular weight excluding hydrogens is 236 g/mol. The van der Waals surface area contributed by atoms with Crippen LogP contribution in [-0.2, 0) is 15.6 Å². The quantitative estimate of drug-likeness (QED) is 0.787. The minimum atomic E-state index is -1.35. The summed E-state index contributed by atoms with van der Waals surface area (Å²) in [6.07, 6.45) is 2.06. The number of amides is 1. The molecule has 3 N–H and O–H groups in total. The summed E-state index contributed by atoms with van der Waals surface area (Å²) in [6.45, 7) is 1.68. The summed E-state index contributed by atoms with van der Waals surface area (Å²) in [5.41, 5.74) is 6.19. The van der Waals surface area contributed by atoms with Crippen LogP contribution in [0.4, 0.5) is 5.69 Å². The van der Waals surface area contributed by atoms with E-state index in [1.54, 1.807) is 31.2 Å².